The van der Waals surface area contributed by atoms with Crippen molar-refractivity contribution in [1.29, 1.82) is 0 Å². The van der Waals surface area contributed by atoms with Crippen molar-refractivity contribution >= 4 is 29.4 Å². The Balaban J connectivity index is 1.79. The van der Waals surface area contributed by atoms with Gasteiger partial charge in [0.25, 0.3) is 0 Å². The molecule has 1 aliphatic heterocycles. The quantitative estimate of drug-likeness (QED) is 0.330. The van der Waals surface area contributed by atoms with Crippen LogP contribution in [0.1, 0.15) is 31.7 Å². The Bertz CT molecular complexity index is 602. The zero-order valence-corrected chi connectivity index (χ0v) is 15.2. The van der Waals surface area contributed by atoms with Crippen molar-refractivity contribution in [3.63, 3.8) is 0 Å². The Morgan fingerprint density at radius 3 is 2.68 bits per heavy atom. The van der Waals surface area contributed by atoms with Gasteiger partial charge in [0.15, 0.2) is 5.96 Å². The number of pyridine rings is 1. The molecule has 0 atom stereocenters. The fourth-order valence-corrected chi connectivity index (χ4v) is 2.64. The van der Waals surface area contributed by atoms with Gasteiger partial charge in [-0.3, -0.25) is 19.5 Å². The summed E-state index contributed by atoms with van der Waals surface area (Å²) >= 11 is 5.77. The second-order valence-electron chi connectivity index (χ2n) is 5.72. The lowest BCUT2D eigenvalue weighted by molar-refractivity contribution is -0.147. The van der Waals surface area contributed by atoms with Gasteiger partial charge in [0.1, 0.15) is 5.15 Å². The van der Waals surface area contributed by atoms with E-state index in [2.05, 4.69) is 20.6 Å². The number of imide groups is 1. The third kappa shape index (κ3) is 6.34. The highest BCUT2D eigenvalue weighted by molar-refractivity contribution is 6.29. The molecule has 0 unspecified atom stereocenters. The normalized spacial score (nSPS) is 15.4. The molecule has 1 aromatic heterocycles. The summed E-state index contributed by atoms with van der Waals surface area (Å²) in [5.74, 6) is 0.492. The van der Waals surface area contributed by atoms with Gasteiger partial charge >= 0.3 is 0 Å². The molecule has 0 aliphatic carbocycles. The molecule has 0 spiro atoms. The van der Waals surface area contributed by atoms with E-state index >= 15 is 0 Å². The highest BCUT2D eigenvalue weighted by Crippen LogP contribution is 2.11. The molecule has 8 heteroatoms. The van der Waals surface area contributed by atoms with Crippen molar-refractivity contribution in [2.75, 3.05) is 26.2 Å². The molecule has 0 aromatic carbocycles. The number of carbonyl (C=O) groups excluding carboxylic acids is 2. The average molecular weight is 366 g/mol. The lowest BCUT2D eigenvalue weighted by atomic mass is 10.1. The standard InChI is InChI=1S/C17H24ClN5O2/c1-2-19-17(20-9-8-13-6-7-14(18)22-12-13)21-10-11-23-15(24)4-3-5-16(23)25/h6-7,12H,2-5,8-11H2,1H3,(H2,19,20,21). The number of rotatable bonds is 7. The molecule has 7 nitrogen and oxygen atoms in total. The van der Waals surface area contributed by atoms with Crippen molar-refractivity contribution in [3.05, 3.63) is 29.0 Å². The molecule has 1 saturated heterocycles. The first-order chi connectivity index (χ1) is 12.1. The minimum Gasteiger partial charge on any atom is -0.357 e. The first-order valence-corrected chi connectivity index (χ1v) is 8.93. The van der Waals surface area contributed by atoms with Gasteiger partial charge < -0.3 is 10.6 Å². The molecule has 0 saturated carbocycles. The third-order valence-corrected chi connectivity index (χ3v) is 4.04. The number of hydrogen-bond acceptors (Lipinski definition) is 4. The first-order valence-electron chi connectivity index (χ1n) is 8.56. The van der Waals surface area contributed by atoms with Gasteiger partial charge in [-0.25, -0.2) is 4.98 Å². The number of carbonyl (C=O) groups is 2. The molecule has 25 heavy (non-hydrogen) atoms. The predicted octanol–water partition coefficient (Wildman–Crippen LogP) is 1.37. The monoisotopic (exact) mass is 365 g/mol. The van der Waals surface area contributed by atoms with E-state index in [1.54, 1.807) is 12.3 Å². The smallest absolute Gasteiger partial charge is 0.229 e. The van der Waals surface area contributed by atoms with Crippen LogP contribution in [-0.2, 0) is 16.0 Å². The van der Waals surface area contributed by atoms with Gasteiger partial charge in [-0.1, -0.05) is 17.7 Å². The number of guanidine groups is 1. The van der Waals surface area contributed by atoms with Crippen LogP contribution in [0, 0.1) is 0 Å². The zero-order valence-electron chi connectivity index (χ0n) is 14.4. The van der Waals surface area contributed by atoms with E-state index in [4.69, 9.17) is 11.6 Å². The lowest BCUT2D eigenvalue weighted by Gasteiger charge is -2.25. The van der Waals surface area contributed by atoms with Gasteiger partial charge in [-0.15, -0.1) is 0 Å². The van der Waals surface area contributed by atoms with Crippen molar-refractivity contribution < 1.29 is 9.59 Å². The SMILES string of the molecule is CCNC(=NCCc1ccc(Cl)nc1)NCCN1C(=O)CCCC1=O. The molecule has 0 radical (unpaired) electrons. The number of nitrogens with one attached hydrogen (secondary N) is 2. The molecule has 0 bridgehead atoms. The third-order valence-electron chi connectivity index (χ3n) is 3.81. The summed E-state index contributed by atoms with van der Waals surface area (Å²) < 4.78 is 0. The van der Waals surface area contributed by atoms with E-state index in [0.717, 1.165) is 18.5 Å². The van der Waals surface area contributed by atoms with Crippen molar-refractivity contribution in [3.8, 4) is 0 Å². The topological polar surface area (TPSA) is 86.7 Å². The van der Waals surface area contributed by atoms with E-state index in [0.29, 0.717) is 50.0 Å². The van der Waals surface area contributed by atoms with Crippen LogP contribution in [0.4, 0.5) is 0 Å². The van der Waals surface area contributed by atoms with Crippen LogP contribution in [0.2, 0.25) is 5.15 Å². The number of hydrogen-bond donors (Lipinski definition) is 2. The molecule has 2 rings (SSSR count). The van der Waals surface area contributed by atoms with E-state index in [9.17, 15) is 9.59 Å². The van der Waals surface area contributed by atoms with E-state index in [1.807, 2.05) is 13.0 Å². The van der Waals surface area contributed by atoms with Crippen LogP contribution >= 0.6 is 11.6 Å². The molecule has 1 fully saturated rings. The summed E-state index contributed by atoms with van der Waals surface area (Å²) in [5, 5.41) is 6.79. The molecule has 2 heterocycles. The molecule has 2 N–H and O–H groups in total. The lowest BCUT2D eigenvalue weighted by Crippen LogP contribution is -2.46. The van der Waals surface area contributed by atoms with Crippen molar-refractivity contribution in [2.45, 2.75) is 32.6 Å². The number of halogens is 1. The van der Waals surface area contributed by atoms with Crippen molar-refractivity contribution in [2.24, 2.45) is 4.99 Å². The maximum absolute atomic E-state index is 11.8. The molecule has 1 aromatic rings. The molecule has 136 valence electrons. The van der Waals surface area contributed by atoms with Gasteiger partial charge in [0.05, 0.1) is 0 Å². The minimum atomic E-state index is -0.0878. The second kappa shape index (κ2) is 9.98. The summed E-state index contributed by atoms with van der Waals surface area (Å²) in [6.07, 6.45) is 4.06. The summed E-state index contributed by atoms with van der Waals surface area (Å²) in [7, 11) is 0. The van der Waals surface area contributed by atoms with Crippen LogP contribution in [0.15, 0.2) is 23.3 Å². The van der Waals surface area contributed by atoms with Gasteiger partial charge in [-0.05, 0) is 31.4 Å². The Labute approximate surface area is 152 Å². The summed E-state index contributed by atoms with van der Waals surface area (Å²) in [6.45, 7) is 4.16. The largest absolute Gasteiger partial charge is 0.357 e. The summed E-state index contributed by atoms with van der Waals surface area (Å²) in [5.41, 5.74) is 1.06. The Hall–Kier alpha value is -2.15. The average Bonchev–Trinajstić information content (AvgIpc) is 2.59. The molecule has 1 aliphatic rings. The highest BCUT2D eigenvalue weighted by Gasteiger charge is 2.25. The number of aliphatic imine (C=N–C) groups is 1. The van der Waals surface area contributed by atoms with Crippen LogP contribution in [0.25, 0.3) is 0 Å². The number of aromatic nitrogens is 1. The van der Waals surface area contributed by atoms with Crippen LogP contribution in [-0.4, -0.2) is 53.8 Å². The first kappa shape index (κ1) is 19.2. The van der Waals surface area contributed by atoms with Gasteiger partial charge in [0, 0.05) is 45.2 Å². The van der Waals surface area contributed by atoms with Crippen molar-refractivity contribution in [1.82, 2.24) is 20.5 Å². The van der Waals surface area contributed by atoms with E-state index < -0.39 is 0 Å². The van der Waals surface area contributed by atoms with Gasteiger partial charge in [0.2, 0.25) is 11.8 Å². The van der Waals surface area contributed by atoms with E-state index in [1.165, 1.54) is 4.90 Å². The Kier molecular flexibility index (Phi) is 7.66. The van der Waals surface area contributed by atoms with Crippen LogP contribution < -0.4 is 10.6 Å². The Morgan fingerprint density at radius 2 is 2.04 bits per heavy atom. The Morgan fingerprint density at radius 1 is 1.28 bits per heavy atom. The molecular weight excluding hydrogens is 342 g/mol. The molecular formula is C17H24ClN5O2. The minimum absolute atomic E-state index is 0.0878. The number of likely N-dealkylation sites (tertiary alicyclic amines) is 1. The zero-order chi connectivity index (χ0) is 18.1. The van der Waals surface area contributed by atoms with Crippen LogP contribution in [0.3, 0.4) is 0 Å². The van der Waals surface area contributed by atoms with Crippen LogP contribution in [0.5, 0.6) is 0 Å². The molecule has 2 amide bonds. The number of piperidine rings is 1. The van der Waals surface area contributed by atoms with Gasteiger partial charge in [-0.2, -0.15) is 0 Å². The maximum atomic E-state index is 11.8. The summed E-state index contributed by atoms with van der Waals surface area (Å²) in [4.78, 5) is 33.4. The number of amides is 2. The second-order valence-corrected chi connectivity index (χ2v) is 6.11. The number of nitrogens with zero attached hydrogens (tertiary/aromatic N) is 3. The fourth-order valence-electron chi connectivity index (χ4n) is 2.53. The van der Waals surface area contributed by atoms with E-state index in [-0.39, 0.29) is 11.8 Å². The summed E-state index contributed by atoms with van der Waals surface area (Å²) in [6, 6.07) is 3.69. The fraction of sp³-hybridized carbons (Fsp3) is 0.529. The predicted molar refractivity (Wildman–Crippen MR) is 97.5 cm³/mol. The maximum Gasteiger partial charge on any atom is 0.229 e. The highest BCUT2D eigenvalue weighted by atomic mass is 35.5.